The molecule has 1 aromatic rings. The van der Waals surface area contributed by atoms with Gasteiger partial charge in [-0.2, -0.15) is 0 Å². The van der Waals surface area contributed by atoms with Crippen molar-refractivity contribution in [1.82, 2.24) is 10.2 Å². The van der Waals surface area contributed by atoms with Crippen molar-refractivity contribution in [2.75, 3.05) is 25.0 Å². The molecule has 2 fully saturated rings. The van der Waals surface area contributed by atoms with Crippen LogP contribution in [0.4, 0.5) is 15.3 Å². The third-order valence-electron chi connectivity index (χ3n) is 5.36. The third-order valence-corrected chi connectivity index (χ3v) is 6.48. The van der Waals surface area contributed by atoms with Gasteiger partial charge in [-0.1, -0.05) is 30.7 Å². The molecule has 2 saturated heterocycles. The van der Waals surface area contributed by atoms with E-state index >= 15 is 0 Å². The summed E-state index contributed by atoms with van der Waals surface area (Å²) in [7, 11) is 1.76. The minimum atomic E-state index is -0.567. The second-order valence-electron chi connectivity index (χ2n) is 8.90. The first-order valence-corrected chi connectivity index (χ1v) is 11.4. The Hall–Kier alpha value is -2.19. The van der Waals surface area contributed by atoms with Crippen LogP contribution in [0.1, 0.15) is 39.7 Å². The molecule has 0 aromatic heterocycles. The predicted molar refractivity (Wildman–Crippen MR) is 124 cm³/mol. The van der Waals surface area contributed by atoms with E-state index < -0.39 is 11.5 Å². The van der Waals surface area contributed by atoms with Crippen LogP contribution in [0, 0.1) is 5.92 Å². The zero-order chi connectivity index (χ0) is 22.9. The van der Waals surface area contributed by atoms with Gasteiger partial charge in [0.2, 0.25) is 0 Å². The van der Waals surface area contributed by atoms with Crippen LogP contribution in [0.2, 0.25) is 5.02 Å². The summed E-state index contributed by atoms with van der Waals surface area (Å²) >= 11 is 7.45. The second kappa shape index (κ2) is 9.12. The summed E-state index contributed by atoms with van der Waals surface area (Å²) < 4.78 is 5.55. The van der Waals surface area contributed by atoms with Crippen LogP contribution in [0.5, 0.6) is 0 Å². The maximum absolute atomic E-state index is 12.6. The number of imide groups is 1. The number of nitrogens with zero attached hydrogens (tertiary/aromatic N) is 2. The van der Waals surface area contributed by atoms with E-state index in [-0.39, 0.29) is 23.3 Å². The highest BCUT2D eigenvalue weighted by Gasteiger charge is 2.35. The summed E-state index contributed by atoms with van der Waals surface area (Å²) in [6.07, 6.45) is 2.20. The number of amides is 3. The molecule has 0 bridgehead atoms. The van der Waals surface area contributed by atoms with Crippen LogP contribution in [0.15, 0.2) is 23.1 Å². The van der Waals surface area contributed by atoms with Crippen molar-refractivity contribution in [1.29, 1.82) is 0 Å². The molecule has 2 aliphatic rings. The van der Waals surface area contributed by atoms with Crippen molar-refractivity contribution >= 4 is 52.4 Å². The Kier molecular flexibility index (Phi) is 6.91. The van der Waals surface area contributed by atoms with E-state index in [1.807, 2.05) is 32.9 Å². The number of benzene rings is 1. The lowest BCUT2D eigenvalue weighted by atomic mass is 9.91. The second-order valence-corrected chi connectivity index (χ2v) is 10.3. The lowest BCUT2D eigenvalue weighted by Gasteiger charge is -2.43. The molecule has 0 aliphatic carbocycles. The lowest BCUT2D eigenvalue weighted by Crippen LogP contribution is -2.53. The Morgan fingerprint density at radius 1 is 1.35 bits per heavy atom. The molecule has 1 aromatic carbocycles. The predicted octanol–water partition coefficient (Wildman–Crippen LogP) is 4.75. The molecular weight excluding hydrogens is 438 g/mol. The van der Waals surface area contributed by atoms with Gasteiger partial charge in [0.05, 0.1) is 21.7 Å². The number of anilines is 1. The van der Waals surface area contributed by atoms with Crippen LogP contribution in [0.25, 0.3) is 6.08 Å². The number of hydrogen-bond acceptors (Lipinski definition) is 6. The average Bonchev–Trinajstić information content (AvgIpc) is 2.97. The molecule has 31 heavy (non-hydrogen) atoms. The number of carbonyl (C=O) groups is 3. The van der Waals surface area contributed by atoms with E-state index in [2.05, 4.69) is 17.1 Å². The zero-order valence-corrected chi connectivity index (χ0v) is 20.0. The maximum atomic E-state index is 12.6. The van der Waals surface area contributed by atoms with Crippen LogP contribution >= 0.6 is 23.4 Å². The number of piperidine rings is 1. The molecule has 1 N–H and O–H groups in total. The first kappa shape index (κ1) is 23.5. The van der Waals surface area contributed by atoms with Gasteiger partial charge < -0.3 is 14.5 Å². The summed E-state index contributed by atoms with van der Waals surface area (Å²) in [6, 6.07) is 5.42. The number of ether oxygens (including phenoxy) is 1. The smallest absolute Gasteiger partial charge is 0.410 e. The zero-order valence-electron chi connectivity index (χ0n) is 18.4. The number of thioether (sulfide) groups is 1. The number of halogens is 1. The van der Waals surface area contributed by atoms with Gasteiger partial charge in [-0.15, -0.1) is 0 Å². The van der Waals surface area contributed by atoms with Gasteiger partial charge in [-0.25, -0.2) is 4.79 Å². The molecule has 7 nitrogen and oxygen atoms in total. The van der Waals surface area contributed by atoms with E-state index in [0.717, 1.165) is 36.0 Å². The highest BCUT2D eigenvalue weighted by molar-refractivity contribution is 8.18. The van der Waals surface area contributed by atoms with Crippen molar-refractivity contribution in [3.63, 3.8) is 0 Å². The number of carbonyl (C=O) groups excluding carboxylic acids is 3. The first-order chi connectivity index (χ1) is 14.5. The monoisotopic (exact) mass is 465 g/mol. The normalized spacial score (nSPS) is 23.2. The fraction of sp³-hybridized carbons (Fsp3) is 0.500. The Balaban J connectivity index is 1.88. The molecule has 2 atom stereocenters. The van der Waals surface area contributed by atoms with Crippen molar-refractivity contribution < 1.29 is 19.1 Å². The molecule has 2 aliphatic heterocycles. The van der Waals surface area contributed by atoms with Crippen molar-refractivity contribution in [2.45, 2.75) is 45.8 Å². The maximum Gasteiger partial charge on any atom is 0.410 e. The molecular formula is C22H28ClN3O4S. The van der Waals surface area contributed by atoms with Gasteiger partial charge >= 0.3 is 6.09 Å². The van der Waals surface area contributed by atoms with Gasteiger partial charge in [-0.05, 0) is 57.0 Å². The molecule has 0 saturated carbocycles. The van der Waals surface area contributed by atoms with Gasteiger partial charge in [0.15, 0.2) is 0 Å². The summed E-state index contributed by atoms with van der Waals surface area (Å²) in [5.41, 5.74) is 0.981. The number of rotatable bonds is 3. The standard InChI is InChI=1S/C22H28ClN3O4S/c1-13-9-10-26(12-16(13)25(5)21(29)30-22(2,3)4)18-14(7-6-8-15(18)23)11-17-19(27)24-20(28)31-17/h6-8,11,13,16H,9-10,12H2,1-5H3,(H,24,27,28). The van der Waals surface area contributed by atoms with Crippen LogP contribution < -0.4 is 10.2 Å². The summed E-state index contributed by atoms with van der Waals surface area (Å²) in [5, 5.41) is 2.44. The van der Waals surface area contributed by atoms with E-state index in [4.69, 9.17) is 16.3 Å². The topological polar surface area (TPSA) is 79.0 Å². The SMILES string of the molecule is CC1CCN(c2c(Cl)cccc2C=C2SC(=O)NC2=O)CC1N(C)C(=O)OC(C)(C)C. The number of likely N-dealkylation sites (N-methyl/N-ethyl adjacent to an activating group) is 1. The number of hydrogen-bond donors (Lipinski definition) is 1. The van der Waals surface area contributed by atoms with Crippen LogP contribution in [-0.2, 0) is 9.53 Å². The third kappa shape index (κ3) is 5.54. The van der Waals surface area contributed by atoms with Gasteiger partial charge in [0.25, 0.3) is 11.1 Å². The van der Waals surface area contributed by atoms with E-state index in [0.29, 0.717) is 16.5 Å². The van der Waals surface area contributed by atoms with Crippen LogP contribution in [-0.4, -0.2) is 53.9 Å². The minimum absolute atomic E-state index is 0.0638. The Bertz CT molecular complexity index is 928. The molecule has 9 heteroatoms. The van der Waals surface area contributed by atoms with E-state index in [1.54, 1.807) is 24.1 Å². The number of para-hydroxylation sites is 1. The Morgan fingerprint density at radius 3 is 2.68 bits per heavy atom. The van der Waals surface area contributed by atoms with Crippen LogP contribution in [0.3, 0.4) is 0 Å². The Morgan fingerprint density at radius 2 is 2.06 bits per heavy atom. The molecule has 0 spiro atoms. The van der Waals surface area contributed by atoms with E-state index in [1.165, 1.54) is 0 Å². The molecule has 168 valence electrons. The fourth-order valence-corrected chi connectivity index (χ4v) is 4.74. The number of nitrogens with one attached hydrogen (secondary N) is 1. The van der Waals surface area contributed by atoms with Gasteiger partial charge in [0, 0.05) is 25.7 Å². The first-order valence-electron chi connectivity index (χ1n) is 10.2. The lowest BCUT2D eigenvalue weighted by molar-refractivity contribution is -0.115. The highest BCUT2D eigenvalue weighted by atomic mass is 35.5. The van der Waals surface area contributed by atoms with Crippen molar-refractivity contribution in [3.8, 4) is 0 Å². The fourth-order valence-electron chi connectivity index (χ4n) is 3.77. The molecule has 3 amide bonds. The molecule has 0 radical (unpaired) electrons. The highest BCUT2D eigenvalue weighted by Crippen LogP contribution is 2.37. The molecule has 2 unspecified atom stereocenters. The van der Waals surface area contributed by atoms with Crippen molar-refractivity contribution in [2.24, 2.45) is 5.92 Å². The Labute approximate surface area is 192 Å². The average molecular weight is 466 g/mol. The molecule has 2 heterocycles. The summed E-state index contributed by atoms with van der Waals surface area (Å²) in [5.74, 6) is -0.123. The quantitative estimate of drug-likeness (QED) is 0.649. The van der Waals surface area contributed by atoms with Crippen molar-refractivity contribution in [3.05, 3.63) is 33.7 Å². The van der Waals surface area contributed by atoms with Gasteiger partial charge in [0.1, 0.15) is 5.60 Å². The van der Waals surface area contributed by atoms with Gasteiger partial charge in [-0.3, -0.25) is 14.9 Å². The molecule has 3 rings (SSSR count). The summed E-state index contributed by atoms with van der Waals surface area (Å²) in [6.45, 7) is 9.01. The minimum Gasteiger partial charge on any atom is -0.444 e. The van der Waals surface area contributed by atoms with E-state index in [9.17, 15) is 14.4 Å². The largest absolute Gasteiger partial charge is 0.444 e. The summed E-state index contributed by atoms with van der Waals surface area (Å²) in [4.78, 5) is 40.3.